The number of phenolic OH excluding ortho intramolecular Hbond substituents is 2. The van der Waals surface area contributed by atoms with Gasteiger partial charge in [0.25, 0.3) is 0 Å². The third-order valence-corrected chi connectivity index (χ3v) is 3.82. The first kappa shape index (κ1) is 16.3. The number of benzene rings is 1. The molecule has 0 aliphatic heterocycles. The minimum absolute atomic E-state index is 0.184. The van der Waals surface area contributed by atoms with E-state index in [0.717, 1.165) is 12.8 Å². The highest BCUT2D eigenvalue weighted by Crippen LogP contribution is 2.25. The molecule has 1 amide bonds. The van der Waals surface area contributed by atoms with E-state index >= 15 is 0 Å². The van der Waals surface area contributed by atoms with E-state index in [1.165, 1.54) is 12.1 Å². The Balaban J connectivity index is 2.68. The van der Waals surface area contributed by atoms with E-state index in [2.05, 4.69) is 5.32 Å². The largest absolute Gasteiger partial charge is 0.504 e. The van der Waals surface area contributed by atoms with E-state index in [1.54, 1.807) is 6.07 Å². The maximum Gasteiger partial charge on any atom is 0.237 e. The van der Waals surface area contributed by atoms with Crippen molar-refractivity contribution in [2.45, 2.75) is 51.6 Å². The van der Waals surface area contributed by atoms with Crippen molar-refractivity contribution < 1.29 is 15.0 Å². The molecule has 1 rings (SSSR count). The number of nitrogens with two attached hydrogens (primary N) is 1. The summed E-state index contributed by atoms with van der Waals surface area (Å²) in [5.41, 5.74) is 6.36. The van der Waals surface area contributed by atoms with E-state index < -0.39 is 6.04 Å². The standard InChI is InChI=1S/C15H24N2O3/c1-4-15(3,5-2)17-14(20)11(16)8-10-6-7-12(18)13(19)9-10/h6-7,9,11,18-19H,4-5,8,16H2,1-3H3,(H,17,20)/t11-/m0/s1. The lowest BCUT2D eigenvalue weighted by molar-refractivity contribution is -0.124. The van der Waals surface area contributed by atoms with Crippen molar-refractivity contribution in [3.63, 3.8) is 0 Å². The second-order valence-corrected chi connectivity index (χ2v) is 5.39. The van der Waals surface area contributed by atoms with E-state index in [1.807, 2.05) is 20.8 Å². The molecule has 5 heteroatoms. The van der Waals surface area contributed by atoms with Crippen LogP contribution in [0.5, 0.6) is 11.5 Å². The fourth-order valence-corrected chi connectivity index (χ4v) is 1.86. The van der Waals surface area contributed by atoms with Crippen molar-refractivity contribution >= 4 is 5.91 Å². The van der Waals surface area contributed by atoms with Gasteiger partial charge in [0.15, 0.2) is 11.5 Å². The summed E-state index contributed by atoms with van der Waals surface area (Å²) in [4.78, 5) is 12.1. The van der Waals surface area contributed by atoms with Gasteiger partial charge in [0.05, 0.1) is 6.04 Å². The number of carbonyl (C=O) groups excluding carboxylic acids is 1. The molecule has 0 fully saturated rings. The molecule has 20 heavy (non-hydrogen) atoms. The lowest BCUT2D eigenvalue weighted by Gasteiger charge is -2.29. The summed E-state index contributed by atoms with van der Waals surface area (Å²) in [7, 11) is 0. The lowest BCUT2D eigenvalue weighted by Crippen LogP contribution is -2.52. The molecule has 1 aromatic rings. The van der Waals surface area contributed by atoms with Crippen molar-refractivity contribution in [1.29, 1.82) is 0 Å². The van der Waals surface area contributed by atoms with Gasteiger partial charge in [-0.15, -0.1) is 0 Å². The monoisotopic (exact) mass is 280 g/mol. The third-order valence-electron chi connectivity index (χ3n) is 3.82. The molecule has 5 nitrogen and oxygen atoms in total. The highest BCUT2D eigenvalue weighted by atomic mass is 16.3. The topological polar surface area (TPSA) is 95.6 Å². The lowest BCUT2D eigenvalue weighted by atomic mass is 9.94. The average Bonchev–Trinajstić information content (AvgIpc) is 2.42. The summed E-state index contributed by atoms with van der Waals surface area (Å²) in [5, 5.41) is 21.6. The summed E-state index contributed by atoms with van der Waals surface area (Å²) >= 11 is 0. The van der Waals surface area contributed by atoms with Gasteiger partial charge in [0.1, 0.15) is 0 Å². The number of aromatic hydroxyl groups is 2. The fraction of sp³-hybridized carbons (Fsp3) is 0.533. The van der Waals surface area contributed by atoms with Crippen LogP contribution in [0.4, 0.5) is 0 Å². The minimum atomic E-state index is -0.684. The molecule has 0 saturated heterocycles. The summed E-state index contributed by atoms with van der Waals surface area (Å²) in [6.45, 7) is 6.03. The van der Waals surface area contributed by atoms with Crippen molar-refractivity contribution in [3.8, 4) is 11.5 Å². The van der Waals surface area contributed by atoms with Gasteiger partial charge in [-0.3, -0.25) is 4.79 Å². The van der Waals surface area contributed by atoms with Gasteiger partial charge in [-0.25, -0.2) is 0 Å². The first-order valence-electron chi connectivity index (χ1n) is 6.89. The summed E-state index contributed by atoms with van der Waals surface area (Å²) < 4.78 is 0. The molecule has 0 aliphatic rings. The maximum atomic E-state index is 12.1. The Morgan fingerprint density at radius 3 is 2.40 bits per heavy atom. The van der Waals surface area contributed by atoms with Crippen LogP contribution < -0.4 is 11.1 Å². The number of hydrogen-bond donors (Lipinski definition) is 4. The Kier molecular flexibility index (Phi) is 5.39. The SMILES string of the molecule is CCC(C)(CC)NC(=O)[C@@H](N)Cc1ccc(O)c(O)c1. The summed E-state index contributed by atoms with van der Waals surface area (Å²) in [6, 6.07) is 3.76. The molecule has 1 atom stereocenters. The Morgan fingerprint density at radius 2 is 1.90 bits per heavy atom. The molecule has 0 spiro atoms. The van der Waals surface area contributed by atoms with E-state index in [9.17, 15) is 15.0 Å². The molecule has 0 unspecified atom stereocenters. The van der Waals surface area contributed by atoms with Crippen LogP contribution in [0, 0.1) is 0 Å². The number of hydrogen-bond acceptors (Lipinski definition) is 4. The smallest absolute Gasteiger partial charge is 0.237 e. The van der Waals surface area contributed by atoms with Gasteiger partial charge in [0.2, 0.25) is 5.91 Å². The number of nitrogens with one attached hydrogen (secondary N) is 1. The number of rotatable bonds is 6. The highest BCUT2D eigenvalue weighted by Gasteiger charge is 2.25. The zero-order valence-corrected chi connectivity index (χ0v) is 12.3. The quantitative estimate of drug-likeness (QED) is 0.596. The van der Waals surface area contributed by atoms with Gasteiger partial charge in [-0.2, -0.15) is 0 Å². The molecule has 0 radical (unpaired) electrons. The highest BCUT2D eigenvalue weighted by molar-refractivity contribution is 5.82. The second kappa shape index (κ2) is 6.61. The van der Waals surface area contributed by atoms with Crippen LogP contribution in [0.15, 0.2) is 18.2 Å². The summed E-state index contributed by atoms with van der Waals surface area (Å²) in [5.74, 6) is -0.595. The number of amides is 1. The molecule has 1 aromatic carbocycles. The second-order valence-electron chi connectivity index (χ2n) is 5.39. The van der Waals surface area contributed by atoms with Crippen LogP contribution in [0.25, 0.3) is 0 Å². The van der Waals surface area contributed by atoms with Crippen LogP contribution in [0.1, 0.15) is 39.2 Å². The minimum Gasteiger partial charge on any atom is -0.504 e. The molecular formula is C15H24N2O3. The number of carbonyl (C=O) groups is 1. The molecule has 0 heterocycles. The van der Waals surface area contributed by atoms with Crippen molar-refractivity contribution in [2.24, 2.45) is 5.73 Å². The van der Waals surface area contributed by atoms with E-state index in [0.29, 0.717) is 12.0 Å². The van der Waals surface area contributed by atoms with Gasteiger partial charge in [-0.05, 0) is 43.9 Å². The molecule has 0 bridgehead atoms. The van der Waals surface area contributed by atoms with E-state index in [-0.39, 0.29) is 22.9 Å². The first-order valence-corrected chi connectivity index (χ1v) is 6.89. The molecule has 0 saturated carbocycles. The van der Waals surface area contributed by atoms with Gasteiger partial charge < -0.3 is 21.3 Å². The normalized spacial score (nSPS) is 13.0. The van der Waals surface area contributed by atoms with Crippen molar-refractivity contribution in [3.05, 3.63) is 23.8 Å². The number of phenols is 2. The molecule has 112 valence electrons. The summed E-state index contributed by atoms with van der Waals surface area (Å²) in [6.07, 6.45) is 1.98. The average molecular weight is 280 g/mol. The van der Waals surface area contributed by atoms with Crippen LogP contribution in [0.2, 0.25) is 0 Å². The maximum absolute atomic E-state index is 12.1. The Morgan fingerprint density at radius 1 is 1.30 bits per heavy atom. The Labute approximate surface area is 119 Å². The first-order chi connectivity index (χ1) is 9.31. The Hall–Kier alpha value is -1.75. The van der Waals surface area contributed by atoms with E-state index in [4.69, 9.17) is 5.73 Å². The third kappa shape index (κ3) is 4.13. The van der Waals surface area contributed by atoms with Gasteiger partial charge >= 0.3 is 0 Å². The van der Waals surface area contributed by atoms with Crippen LogP contribution >= 0.6 is 0 Å². The van der Waals surface area contributed by atoms with Gasteiger partial charge in [-0.1, -0.05) is 19.9 Å². The predicted octanol–water partition coefficient (Wildman–Crippen LogP) is 1.66. The predicted molar refractivity (Wildman–Crippen MR) is 78.6 cm³/mol. The van der Waals surface area contributed by atoms with Crippen LogP contribution in [-0.2, 0) is 11.2 Å². The zero-order valence-electron chi connectivity index (χ0n) is 12.3. The van der Waals surface area contributed by atoms with Crippen LogP contribution in [-0.4, -0.2) is 27.7 Å². The molecular weight excluding hydrogens is 256 g/mol. The van der Waals surface area contributed by atoms with Gasteiger partial charge in [0, 0.05) is 5.54 Å². The van der Waals surface area contributed by atoms with Crippen molar-refractivity contribution in [1.82, 2.24) is 5.32 Å². The zero-order chi connectivity index (χ0) is 15.3. The van der Waals surface area contributed by atoms with Crippen LogP contribution in [0.3, 0.4) is 0 Å². The van der Waals surface area contributed by atoms with Crippen molar-refractivity contribution in [2.75, 3.05) is 0 Å². The molecule has 0 aromatic heterocycles. The fourth-order valence-electron chi connectivity index (χ4n) is 1.86. The molecule has 0 aliphatic carbocycles. The molecule has 5 N–H and O–H groups in total. The Bertz CT molecular complexity index is 470.